The van der Waals surface area contributed by atoms with Gasteiger partial charge in [-0.25, -0.2) is 0 Å². The highest BCUT2D eigenvalue weighted by molar-refractivity contribution is 6.33. The van der Waals surface area contributed by atoms with Crippen molar-refractivity contribution in [2.45, 2.75) is 19.9 Å². The van der Waals surface area contributed by atoms with Crippen molar-refractivity contribution in [3.63, 3.8) is 0 Å². The number of benzene rings is 1. The predicted octanol–water partition coefficient (Wildman–Crippen LogP) is 2.01. The van der Waals surface area contributed by atoms with Crippen molar-refractivity contribution in [1.82, 2.24) is 25.3 Å². The van der Waals surface area contributed by atoms with Crippen LogP contribution in [-0.4, -0.2) is 70.6 Å². The summed E-state index contributed by atoms with van der Waals surface area (Å²) in [4.78, 5) is 28.4. The molecule has 0 radical (unpaired) electrons. The summed E-state index contributed by atoms with van der Waals surface area (Å²) in [6.45, 7) is 6.74. The number of amides is 2. The SMILES string of the molecule is CC(C)NC(=O)CN1CCN(C(=O)c2cc(-c3ccccc3Cl)n[nH]2)CC1. The molecule has 7 nitrogen and oxygen atoms in total. The lowest BCUT2D eigenvalue weighted by Crippen LogP contribution is -2.51. The first-order valence-electron chi connectivity index (χ1n) is 9.05. The van der Waals surface area contributed by atoms with E-state index < -0.39 is 0 Å². The van der Waals surface area contributed by atoms with Gasteiger partial charge in [0.1, 0.15) is 5.69 Å². The number of hydrogen-bond acceptors (Lipinski definition) is 4. The number of halogens is 1. The molecule has 27 heavy (non-hydrogen) atoms. The average molecular weight is 390 g/mol. The van der Waals surface area contributed by atoms with Crippen molar-refractivity contribution in [2.24, 2.45) is 0 Å². The van der Waals surface area contributed by atoms with Crippen LogP contribution in [0, 0.1) is 0 Å². The van der Waals surface area contributed by atoms with Crippen LogP contribution in [0.4, 0.5) is 0 Å². The largest absolute Gasteiger partial charge is 0.353 e. The molecule has 2 N–H and O–H groups in total. The maximum absolute atomic E-state index is 12.7. The van der Waals surface area contributed by atoms with Crippen molar-refractivity contribution in [1.29, 1.82) is 0 Å². The smallest absolute Gasteiger partial charge is 0.271 e. The minimum Gasteiger partial charge on any atom is -0.353 e. The highest BCUT2D eigenvalue weighted by Gasteiger charge is 2.25. The van der Waals surface area contributed by atoms with Crippen LogP contribution in [0.25, 0.3) is 11.3 Å². The Bertz CT molecular complexity index is 812. The average Bonchev–Trinajstić information content (AvgIpc) is 3.11. The van der Waals surface area contributed by atoms with Gasteiger partial charge in [0.2, 0.25) is 5.91 Å². The lowest BCUT2D eigenvalue weighted by Gasteiger charge is -2.34. The highest BCUT2D eigenvalue weighted by Crippen LogP contribution is 2.26. The molecule has 2 amide bonds. The van der Waals surface area contributed by atoms with Crippen LogP contribution in [0.15, 0.2) is 30.3 Å². The second-order valence-corrected chi connectivity index (χ2v) is 7.34. The fourth-order valence-electron chi connectivity index (χ4n) is 3.09. The summed E-state index contributed by atoms with van der Waals surface area (Å²) in [5.74, 6) is -0.0742. The van der Waals surface area contributed by atoms with Crippen molar-refractivity contribution >= 4 is 23.4 Å². The zero-order valence-electron chi connectivity index (χ0n) is 15.5. The molecule has 1 fully saturated rings. The lowest BCUT2D eigenvalue weighted by molar-refractivity contribution is -0.123. The number of rotatable bonds is 5. The first-order chi connectivity index (χ1) is 12.9. The van der Waals surface area contributed by atoms with Crippen LogP contribution in [0.2, 0.25) is 5.02 Å². The van der Waals surface area contributed by atoms with Gasteiger partial charge < -0.3 is 10.2 Å². The van der Waals surface area contributed by atoms with Crippen molar-refractivity contribution in [2.75, 3.05) is 32.7 Å². The number of nitrogens with one attached hydrogen (secondary N) is 2. The molecular formula is C19H24ClN5O2. The Kier molecular flexibility index (Phi) is 6.13. The topological polar surface area (TPSA) is 81.3 Å². The van der Waals surface area contributed by atoms with E-state index in [0.717, 1.165) is 5.56 Å². The molecule has 0 unspecified atom stereocenters. The maximum Gasteiger partial charge on any atom is 0.271 e. The molecule has 0 aliphatic carbocycles. The number of H-pyrrole nitrogens is 1. The van der Waals surface area contributed by atoms with Crippen LogP contribution >= 0.6 is 11.6 Å². The van der Waals surface area contributed by atoms with Gasteiger partial charge in [0.25, 0.3) is 5.91 Å². The number of aromatic amines is 1. The van der Waals surface area contributed by atoms with E-state index in [2.05, 4.69) is 20.4 Å². The summed E-state index contributed by atoms with van der Waals surface area (Å²) in [7, 11) is 0. The Labute approximate surface area is 163 Å². The first-order valence-corrected chi connectivity index (χ1v) is 9.43. The summed E-state index contributed by atoms with van der Waals surface area (Å²) < 4.78 is 0. The number of carbonyl (C=O) groups is 2. The molecule has 1 aliphatic heterocycles. The van der Waals surface area contributed by atoms with Gasteiger partial charge in [0.05, 0.1) is 17.3 Å². The molecule has 0 saturated carbocycles. The van der Waals surface area contributed by atoms with E-state index in [4.69, 9.17) is 11.6 Å². The molecule has 1 aromatic heterocycles. The summed E-state index contributed by atoms with van der Waals surface area (Å²) >= 11 is 6.20. The van der Waals surface area contributed by atoms with Crippen molar-refractivity contribution < 1.29 is 9.59 Å². The molecule has 1 saturated heterocycles. The maximum atomic E-state index is 12.7. The summed E-state index contributed by atoms with van der Waals surface area (Å²) in [6, 6.07) is 9.26. The van der Waals surface area contributed by atoms with Gasteiger partial charge in [-0.1, -0.05) is 29.8 Å². The van der Waals surface area contributed by atoms with E-state index in [-0.39, 0.29) is 17.9 Å². The molecule has 0 bridgehead atoms. The molecule has 8 heteroatoms. The third-order valence-corrected chi connectivity index (χ3v) is 4.76. The first kappa shape index (κ1) is 19.4. The normalized spacial score (nSPS) is 15.2. The molecule has 1 aromatic carbocycles. The third-order valence-electron chi connectivity index (χ3n) is 4.43. The zero-order chi connectivity index (χ0) is 19.4. The van der Waals surface area contributed by atoms with Gasteiger partial charge in [-0.3, -0.25) is 19.6 Å². The van der Waals surface area contributed by atoms with Gasteiger partial charge in [0, 0.05) is 37.8 Å². The van der Waals surface area contributed by atoms with Gasteiger partial charge in [0.15, 0.2) is 0 Å². The van der Waals surface area contributed by atoms with Crippen LogP contribution < -0.4 is 5.32 Å². The van der Waals surface area contributed by atoms with Gasteiger partial charge >= 0.3 is 0 Å². The van der Waals surface area contributed by atoms with Crippen LogP contribution in [0.5, 0.6) is 0 Å². The second kappa shape index (κ2) is 8.54. The summed E-state index contributed by atoms with van der Waals surface area (Å²) in [6.07, 6.45) is 0. The van der Waals surface area contributed by atoms with Crippen LogP contribution in [0.1, 0.15) is 24.3 Å². The standard InChI is InChI=1S/C19H24ClN5O2/c1-13(2)21-18(26)12-24-7-9-25(10-8-24)19(27)17-11-16(22-23-17)14-5-3-4-6-15(14)20/h3-6,11,13H,7-10,12H2,1-2H3,(H,21,26)(H,22,23). The highest BCUT2D eigenvalue weighted by atomic mass is 35.5. The minimum absolute atomic E-state index is 0.0164. The quantitative estimate of drug-likeness (QED) is 0.819. The Morgan fingerprint density at radius 3 is 2.59 bits per heavy atom. The van der Waals surface area contributed by atoms with E-state index in [1.54, 1.807) is 17.0 Å². The number of piperazine rings is 1. The van der Waals surface area contributed by atoms with Crippen LogP contribution in [-0.2, 0) is 4.79 Å². The molecule has 0 atom stereocenters. The van der Waals surface area contributed by atoms with Gasteiger partial charge in [-0.15, -0.1) is 0 Å². The fourth-order valence-corrected chi connectivity index (χ4v) is 3.32. The summed E-state index contributed by atoms with van der Waals surface area (Å²) in [5.41, 5.74) is 1.87. The Morgan fingerprint density at radius 1 is 1.22 bits per heavy atom. The predicted molar refractivity (Wildman–Crippen MR) is 105 cm³/mol. The number of carbonyl (C=O) groups excluding carboxylic acids is 2. The molecule has 2 aromatic rings. The third kappa shape index (κ3) is 4.87. The monoisotopic (exact) mass is 389 g/mol. The van der Waals surface area contributed by atoms with E-state index in [1.165, 1.54) is 0 Å². The molecule has 0 spiro atoms. The van der Waals surface area contributed by atoms with E-state index in [9.17, 15) is 9.59 Å². The minimum atomic E-state index is -0.0907. The van der Waals surface area contributed by atoms with E-state index >= 15 is 0 Å². The fraction of sp³-hybridized carbons (Fsp3) is 0.421. The van der Waals surface area contributed by atoms with E-state index in [1.807, 2.05) is 32.0 Å². The molecule has 2 heterocycles. The summed E-state index contributed by atoms with van der Waals surface area (Å²) in [5, 5.41) is 10.5. The number of aromatic nitrogens is 2. The van der Waals surface area contributed by atoms with Crippen LogP contribution in [0.3, 0.4) is 0 Å². The van der Waals surface area contributed by atoms with Gasteiger partial charge in [-0.2, -0.15) is 5.10 Å². The van der Waals surface area contributed by atoms with Crippen molar-refractivity contribution in [3.8, 4) is 11.3 Å². The Hall–Kier alpha value is -2.38. The molecule has 3 rings (SSSR count). The lowest BCUT2D eigenvalue weighted by atomic mass is 10.1. The molecule has 144 valence electrons. The molecular weight excluding hydrogens is 366 g/mol. The Morgan fingerprint density at radius 2 is 1.93 bits per heavy atom. The second-order valence-electron chi connectivity index (χ2n) is 6.94. The Balaban J connectivity index is 1.57. The zero-order valence-corrected chi connectivity index (χ0v) is 16.3. The van der Waals surface area contributed by atoms with Crippen molar-refractivity contribution in [3.05, 3.63) is 41.0 Å². The van der Waals surface area contributed by atoms with E-state index in [0.29, 0.717) is 49.1 Å². The van der Waals surface area contributed by atoms with Gasteiger partial charge in [-0.05, 0) is 26.0 Å². The molecule has 1 aliphatic rings. The number of hydrogen-bond donors (Lipinski definition) is 2. The number of nitrogens with zero attached hydrogens (tertiary/aromatic N) is 3.